The highest BCUT2D eigenvalue weighted by atomic mass is 32.1. The Kier molecular flexibility index (Phi) is 4.00. The second-order valence-electron chi connectivity index (χ2n) is 6.01. The predicted molar refractivity (Wildman–Crippen MR) is 98.5 cm³/mol. The van der Waals surface area contributed by atoms with E-state index >= 15 is 0 Å². The Morgan fingerprint density at radius 2 is 1.88 bits per heavy atom. The van der Waals surface area contributed by atoms with Crippen LogP contribution in [0.15, 0.2) is 42.5 Å². The van der Waals surface area contributed by atoms with E-state index in [1.807, 2.05) is 24.3 Å². The van der Waals surface area contributed by atoms with Crippen LogP contribution >= 0.6 is 11.3 Å². The van der Waals surface area contributed by atoms with Crippen LogP contribution in [-0.4, -0.2) is 41.2 Å². The molecule has 0 spiro atoms. The van der Waals surface area contributed by atoms with Crippen molar-refractivity contribution in [1.82, 2.24) is 15.2 Å². The van der Waals surface area contributed by atoms with Crippen molar-refractivity contribution < 1.29 is 14.4 Å². The molecule has 1 N–H and O–H groups in total. The lowest BCUT2D eigenvalue weighted by Crippen LogP contribution is -2.26. The fourth-order valence-corrected chi connectivity index (χ4v) is 3.88. The Balaban J connectivity index is 1.43. The zero-order valence-corrected chi connectivity index (χ0v) is 14.8. The molecule has 0 unspecified atom stereocenters. The van der Waals surface area contributed by atoms with Gasteiger partial charge in [0.05, 0.1) is 26.4 Å². The zero-order valence-electron chi connectivity index (χ0n) is 14.0. The van der Waals surface area contributed by atoms with E-state index in [0.29, 0.717) is 24.1 Å². The first kappa shape index (κ1) is 16.4. The largest absolute Gasteiger partial charge is 0.352 e. The molecule has 0 bridgehead atoms. The summed E-state index contributed by atoms with van der Waals surface area (Å²) in [7, 11) is 1.43. The van der Waals surface area contributed by atoms with Crippen LogP contribution in [0.5, 0.6) is 0 Å². The Hall–Kier alpha value is -3.06. The number of para-hydroxylation sites is 1. The monoisotopic (exact) mass is 365 g/mol. The summed E-state index contributed by atoms with van der Waals surface area (Å²) in [6, 6.07) is 12.5. The molecular formula is C19H15N3O3S. The van der Waals surface area contributed by atoms with Crippen molar-refractivity contribution in [2.24, 2.45) is 0 Å². The molecule has 3 aromatic rings. The topological polar surface area (TPSA) is 79.4 Å². The third-order valence-corrected chi connectivity index (χ3v) is 5.41. The number of carbonyl (C=O) groups excluding carboxylic acids is 3. The van der Waals surface area contributed by atoms with Crippen LogP contribution in [0.25, 0.3) is 10.2 Å². The second-order valence-corrected chi connectivity index (χ2v) is 7.13. The number of imide groups is 1. The van der Waals surface area contributed by atoms with E-state index in [0.717, 1.165) is 20.1 Å². The van der Waals surface area contributed by atoms with E-state index < -0.39 is 0 Å². The Bertz CT molecular complexity index is 1020. The quantitative estimate of drug-likeness (QED) is 0.721. The minimum absolute atomic E-state index is 0.274. The van der Waals surface area contributed by atoms with Crippen LogP contribution in [0, 0.1) is 0 Å². The van der Waals surface area contributed by atoms with Crippen LogP contribution in [0.2, 0.25) is 0 Å². The molecule has 0 radical (unpaired) electrons. The molecular weight excluding hydrogens is 350 g/mol. The van der Waals surface area contributed by atoms with Gasteiger partial charge in [-0.25, -0.2) is 4.98 Å². The molecule has 4 rings (SSSR count). The van der Waals surface area contributed by atoms with Gasteiger partial charge in [-0.1, -0.05) is 12.1 Å². The van der Waals surface area contributed by atoms with Crippen LogP contribution in [0.3, 0.4) is 0 Å². The lowest BCUT2D eigenvalue weighted by molar-refractivity contribution is 0.0693. The fourth-order valence-electron chi connectivity index (χ4n) is 2.91. The molecule has 0 saturated carbocycles. The third-order valence-electron chi connectivity index (χ3n) is 4.31. The Morgan fingerprint density at radius 1 is 1.12 bits per heavy atom. The zero-order chi connectivity index (χ0) is 18.3. The highest BCUT2D eigenvalue weighted by Gasteiger charge is 2.33. The number of aromatic nitrogens is 1. The van der Waals surface area contributed by atoms with Crippen molar-refractivity contribution in [3.8, 4) is 0 Å². The first-order valence-corrected chi connectivity index (χ1v) is 8.95. The highest BCUT2D eigenvalue weighted by Crippen LogP contribution is 2.23. The molecule has 6 nitrogen and oxygen atoms in total. The molecule has 26 heavy (non-hydrogen) atoms. The number of hydrogen-bond acceptors (Lipinski definition) is 5. The van der Waals surface area contributed by atoms with E-state index in [1.165, 1.54) is 19.2 Å². The van der Waals surface area contributed by atoms with Crippen molar-refractivity contribution in [2.75, 3.05) is 13.6 Å². The standard InChI is InChI=1S/C19H15N3O3S/c1-22-18(24)12-7-6-11(10-13(12)19(22)25)17(23)20-9-8-16-21-14-4-2-3-5-15(14)26-16/h2-7,10H,8-9H2,1H3,(H,20,23). The molecule has 0 aliphatic carbocycles. The molecule has 130 valence electrons. The van der Waals surface area contributed by atoms with E-state index in [9.17, 15) is 14.4 Å². The second kappa shape index (κ2) is 6.34. The lowest BCUT2D eigenvalue weighted by Gasteiger charge is -2.05. The summed E-state index contributed by atoms with van der Waals surface area (Å²) >= 11 is 1.61. The summed E-state index contributed by atoms with van der Waals surface area (Å²) in [6.07, 6.45) is 0.635. The molecule has 1 aromatic heterocycles. The number of amides is 3. The third kappa shape index (κ3) is 2.76. The Morgan fingerprint density at radius 3 is 2.69 bits per heavy atom. The fraction of sp³-hybridized carbons (Fsp3) is 0.158. The maximum Gasteiger partial charge on any atom is 0.261 e. The van der Waals surface area contributed by atoms with Gasteiger partial charge in [-0.05, 0) is 30.3 Å². The van der Waals surface area contributed by atoms with Gasteiger partial charge in [-0.3, -0.25) is 19.3 Å². The number of fused-ring (bicyclic) bond motifs is 2. The van der Waals surface area contributed by atoms with Gasteiger partial charge in [0.1, 0.15) is 0 Å². The summed E-state index contributed by atoms with van der Waals surface area (Å²) in [6.45, 7) is 0.447. The van der Waals surface area contributed by atoms with Crippen molar-refractivity contribution >= 4 is 39.3 Å². The van der Waals surface area contributed by atoms with E-state index in [1.54, 1.807) is 17.4 Å². The van der Waals surface area contributed by atoms with E-state index in [-0.39, 0.29) is 23.3 Å². The molecule has 0 atom stereocenters. The molecule has 2 heterocycles. The number of benzene rings is 2. The van der Waals surface area contributed by atoms with Gasteiger partial charge >= 0.3 is 0 Å². The number of rotatable bonds is 4. The van der Waals surface area contributed by atoms with Gasteiger partial charge < -0.3 is 5.32 Å². The molecule has 1 aliphatic heterocycles. The van der Waals surface area contributed by atoms with E-state index in [2.05, 4.69) is 10.3 Å². The smallest absolute Gasteiger partial charge is 0.261 e. The number of thiazole rings is 1. The first-order valence-electron chi connectivity index (χ1n) is 8.13. The minimum Gasteiger partial charge on any atom is -0.352 e. The highest BCUT2D eigenvalue weighted by molar-refractivity contribution is 7.18. The summed E-state index contributed by atoms with van der Waals surface area (Å²) in [5.74, 6) is -0.995. The summed E-state index contributed by atoms with van der Waals surface area (Å²) in [5.41, 5.74) is 1.94. The molecule has 2 aromatic carbocycles. The SMILES string of the molecule is CN1C(=O)c2ccc(C(=O)NCCc3nc4ccccc4s3)cc2C1=O. The normalized spacial score (nSPS) is 13.3. The van der Waals surface area contributed by atoms with Crippen LogP contribution in [-0.2, 0) is 6.42 Å². The van der Waals surface area contributed by atoms with Crippen LogP contribution in [0.4, 0.5) is 0 Å². The minimum atomic E-state index is -0.380. The molecule has 0 saturated heterocycles. The molecule has 0 fully saturated rings. The maximum absolute atomic E-state index is 12.3. The molecule has 1 aliphatic rings. The number of carbonyl (C=O) groups is 3. The first-order chi connectivity index (χ1) is 12.5. The van der Waals surface area contributed by atoms with Crippen molar-refractivity contribution in [3.63, 3.8) is 0 Å². The Labute approximate surface area is 153 Å². The van der Waals surface area contributed by atoms with Gasteiger partial charge in [-0.15, -0.1) is 11.3 Å². The van der Waals surface area contributed by atoms with Gasteiger partial charge in [0.15, 0.2) is 0 Å². The summed E-state index contributed by atoms with van der Waals surface area (Å²) in [4.78, 5) is 41.9. The number of nitrogens with one attached hydrogen (secondary N) is 1. The average molecular weight is 365 g/mol. The predicted octanol–water partition coefficient (Wildman–Crippen LogP) is 2.49. The number of nitrogens with zero attached hydrogens (tertiary/aromatic N) is 2. The number of hydrogen-bond donors (Lipinski definition) is 1. The van der Waals surface area contributed by atoms with Gasteiger partial charge in [0.25, 0.3) is 17.7 Å². The summed E-state index contributed by atoms with van der Waals surface area (Å²) in [5, 5.41) is 3.80. The van der Waals surface area contributed by atoms with Crippen molar-refractivity contribution in [1.29, 1.82) is 0 Å². The molecule has 7 heteroatoms. The average Bonchev–Trinajstić information content (AvgIpc) is 3.16. The van der Waals surface area contributed by atoms with Crippen molar-refractivity contribution in [3.05, 3.63) is 64.2 Å². The van der Waals surface area contributed by atoms with Crippen LogP contribution < -0.4 is 5.32 Å². The lowest BCUT2D eigenvalue weighted by atomic mass is 10.1. The summed E-state index contributed by atoms with van der Waals surface area (Å²) < 4.78 is 1.12. The van der Waals surface area contributed by atoms with Gasteiger partial charge in [-0.2, -0.15) is 0 Å². The van der Waals surface area contributed by atoms with Gasteiger partial charge in [0, 0.05) is 25.6 Å². The maximum atomic E-state index is 12.3. The molecule has 3 amide bonds. The van der Waals surface area contributed by atoms with Crippen LogP contribution in [0.1, 0.15) is 36.1 Å². The van der Waals surface area contributed by atoms with E-state index in [4.69, 9.17) is 0 Å². The van der Waals surface area contributed by atoms with Crippen molar-refractivity contribution in [2.45, 2.75) is 6.42 Å². The van der Waals surface area contributed by atoms with Gasteiger partial charge in [0.2, 0.25) is 0 Å².